The molecule has 0 bridgehead atoms. The molecule has 21 heavy (non-hydrogen) atoms. The third-order valence-corrected chi connectivity index (χ3v) is 4.34. The van der Waals surface area contributed by atoms with Crippen molar-refractivity contribution in [2.24, 2.45) is 11.1 Å². The van der Waals surface area contributed by atoms with Gasteiger partial charge in [0, 0.05) is 12.6 Å². The Labute approximate surface area is 124 Å². The number of nitrogens with one attached hydrogen (secondary N) is 1. The molecule has 1 fully saturated rings. The second-order valence-electron chi connectivity index (χ2n) is 5.70. The Kier molecular flexibility index (Phi) is 5.17. The van der Waals surface area contributed by atoms with Crippen molar-refractivity contribution in [2.75, 3.05) is 19.0 Å². The molecule has 5 heteroatoms. The Morgan fingerprint density at radius 3 is 2.57 bits per heavy atom. The Hall–Kier alpha value is -1.62. The van der Waals surface area contributed by atoms with Crippen molar-refractivity contribution in [3.8, 4) is 5.75 Å². The van der Waals surface area contributed by atoms with Gasteiger partial charge in [0.2, 0.25) is 5.91 Å². The summed E-state index contributed by atoms with van der Waals surface area (Å²) in [7, 11) is 1.45. The maximum absolute atomic E-state index is 13.2. The lowest BCUT2D eigenvalue weighted by Crippen LogP contribution is -2.42. The summed E-state index contributed by atoms with van der Waals surface area (Å²) in [6.07, 6.45) is 5.94. The average molecular weight is 294 g/mol. The molecule has 0 unspecified atom stereocenters. The molecule has 0 aliphatic heterocycles. The second-order valence-corrected chi connectivity index (χ2v) is 5.70. The van der Waals surface area contributed by atoms with Gasteiger partial charge in [-0.25, -0.2) is 4.39 Å². The second kappa shape index (κ2) is 6.89. The number of amides is 1. The number of carbonyl (C=O) groups is 1. The predicted molar refractivity (Wildman–Crippen MR) is 80.8 cm³/mol. The van der Waals surface area contributed by atoms with E-state index in [0.29, 0.717) is 18.0 Å². The normalized spacial score (nSPS) is 17.9. The molecule has 3 N–H and O–H groups in total. The molecule has 1 aromatic rings. The van der Waals surface area contributed by atoms with Gasteiger partial charge in [-0.15, -0.1) is 0 Å². The van der Waals surface area contributed by atoms with Crippen LogP contribution in [-0.2, 0) is 4.79 Å². The molecule has 0 heterocycles. The molecule has 1 aromatic carbocycles. The minimum atomic E-state index is -0.518. The maximum atomic E-state index is 13.2. The summed E-state index contributed by atoms with van der Waals surface area (Å²) in [5, 5.41) is 2.87. The van der Waals surface area contributed by atoms with Gasteiger partial charge in [0.25, 0.3) is 0 Å². The fourth-order valence-electron chi connectivity index (χ4n) is 2.95. The summed E-state index contributed by atoms with van der Waals surface area (Å²) in [6.45, 7) is 0.336. The molecule has 1 amide bonds. The molecule has 4 nitrogen and oxygen atoms in total. The third-order valence-electron chi connectivity index (χ3n) is 4.34. The first kappa shape index (κ1) is 15.8. The summed E-state index contributed by atoms with van der Waals surface area (Å²) in [4.78, 5) is 12.7. The van der Waals surface area contributed by atoms with E-state index in [4.69, 9.17) is 10.5 Å². The van der Waals surface area contributed by atoms with E-state index >= 15 is 0 Å². The van der Waals surface area contributed by atoms with Gasteiger partial charge in [0.05, 0.1) is 18.2 Å². The molecule has 1 aliphatic carbocycles. The highest BCUT2D eigenvalue weighted by Gasteiger charge is 2.37. The highest BCUT2D eigenvalue weighted by atomic mass is 19.1. The zero-order chi connectivity index (χ0) is 15.3. The van der Waals surface area contributed by atoms with Crippen molar-refractivity contribution < 1.29 is 13.9 Å². The first-order valence-electron chi connectivity index (χ1n) is 7.46. The van der Waals surface area contributed by atoms with E-state index < -0.39 is 11.2 Å². The van der Waals surface area contributed by atoms with Crippen LogP contribution in [0.15, 0.2) is 18.2 Å². The summed E-state index contributed by atoms with van der Waals surface area (Å²) in [5.41, 5.74) is 5.87. The largest absolute Gasteiger partial charge is 0.494 e. The molecule has 0 atom stereocenters. The van der Waals surface area contributed by atoms with Gasteiger partial charge < -0.3 is 15.8 Å². The number of ether oxygens (including phenoxy) is 1. The monoisotopic (exact) mass is 294 g/mol. The zero-order valence-corrected chi connectivity index (χ0v) is 12.5. The van der Waals surface area contributed by atoms with E-state index in [1.54, 1.807) is 0 Å². The van der Waals surface area contributed by atoms with Gasteiger partial charge in [-0.3, -0.25) is 4.79 Å². The molecule has 1 saturated carbocycles. The molecule has 0 spiro atoms. The van der Waals surface area contributed by atoms with Crippen LogP contribution in [0.5, 0.6) is 5.75 Å². The number of benzene rings is 1. The number of hydrogen-bond acceptors (Lipinski definition) is 3. The van der Waals surface area contributed by atoms with Gasteiger partial charge >= 0.3 is 0 Å². The lowest BCUT2D eigenvalue weighted by Gasteiger charge is -2.30. The van der Waals surface area contributed by atoms with E-state index in [2.05, 4.69) is 5.32 Å². The van der Waals surface area contributed by atoms with E-state index in [-0.39, 0.29) is 5.91 Å². The molecular weight excluding hydrogens is 271 g/mol. The minimum Gasteiger partial charge on any atom is -0.494 e. The minimum absolute atomic E-state index is 0.0863. The number of anilines is 1. The number of carbonyl (C=O) groups excluding carboxylic acids is 1. The summed E-state index contributed by atoms with van der Waals surface area (Å²) >= 11 is 0. The first-order valence-corrected chi connectivity index (χ1v) is 7.46. The van der Waals surface area contributed by atoms with Crippen molar-refractivity contribution in [3.63, 3.8) is 0 Å². The van der Waals surface area contributed by atoms with E-state index in [1.807, 2.05) is 0 Å². The fourth-order valence-corrected chi connectivity index (χ4v) is 2.95. The van der Waals surface area contributed by atoms with E-state index in [1.165, 1.54) is 25.3 Å². The smallest absolute Gasteiger partial charge is 0.231 e. The van der Waals surface area contributed by atoms with Crippen molar-refractivity contribution in [1.82, 2.24) is 0 Å². The Bertz CT molecular complexity index is 497. The number of rotatable bonds is 4. The lowest BCUT2D eigenvalue weighted by atomic mass is 9.79. The quantitative estimate of drug-likeness (QED) is 0.839. The van der Waals surface area contributed by atoms with Crippen LogP contribution in [0.2, 0.25) is 0 Å². The average Bonchev–Trinajstić information content (AvgIpc) is 2.75. The summed E-state index contributed by atoms with van der Waals surface area (Å²) < 4.78 is 18.3. The number of halogens is 1. The molecule has 0 radical (unpaired) electrons. The van der Waals surface area contributed by atoms with Gasteiger partial charge in [0.15, 0.2) is 0 Å². The molecule has 116 valence electrons. The Morgan fingerprint density at radius 1 is 1.33 bits per heavy atom. The molecule has 2 rings (SSSR count). The molecule has 1 aliphatic rings. The third kappa shape index (κ3) is 3.53. The van der Waals surface area contributed by atoms with Crippen molar-refractivity contribution in [1.29, 1.82) is 0 Å². The number of hydrogen-bond donors (Lipinski definition) is 2. The number of methoxy groups -OCH3 is 1. The number of nitrogens with two attached hydrogens (primary N) is 1. The summed E-state index contributed by atoms with van der Waals surface area (Å²) in [5.74, 6) is -0.159. The zero-order valence-electron chi connectivity index (χ0n) is 12.5. The van der Waals surface area contributed by atoms with Crippen LogP contribution in [0.4, 0.5) is 10.1 Å². The van der Waals surface area contributed by atoms with Crippen molar-refractivity contribution >= 4 is 11.6 Å². The fraction of sp³-hybridized carbons (Fsp3) is 0.562. The Balaban J connectivity index is 2.19. The van der Waals surface area contributed by atoms with Crippen LogP contribution in [-0.4, -0.2) is 19.6 Å². The van der Waals surface area contributed by atoms with Crippen LogP contribution in [0.1, 0.15) is 38.5 Å². The van der Waals surface area contributed by atoms with Crippen LogP contribution in [0.3, 0.4) is 0 Å². The van der Waals surface area contributed by atoms with Gasteiger partial charge in [-0.05, 0) is 25.0 Å². The van der Waals surface area contributed by atoms with Crippen LogP contribution in [0.25, 0.3) is 0 Å². The van der Waals surface area contributed by atoms with E-state index in [9.17, 15) is 9.18 Å². The van der Waals surface area contributed by atoms with Crippen LogP contribution >= 0.6 is 0 Å². The SMILES string of the molecule is COc1cc(F)ccc1NC(=O)C1(CN)CCCCCC1. The molecular formula is C16H23FN2O2. The summed E-state index contributed by atoms with van der Waals surface area (Å²) in [6, 6.07) is 4.09. The van der Waals surface area contributed by atoms with E-state index in [0.717, 1.165) is 38.5 Å². The highest BCUT2D eigenvalue weighted by Crippen LogP contribution is 2.36. The van der Waals surface area contributed by atoms with Crippen molar-refractivity contribution in [3.05, 3.63) is 24.0 Å². The first-order chi connectivity index (χ1) is 10.1. The van der Waals surface area contributed by atoms with Gasteiger partial charge in [-0.1, -0.05) is 25.7 Å². The lowest BCUT2D eigenvalue weighted by molar-refractivity contribution is -0.125. The maximum Gasteiger partial charge on any atom is 0.231 e. The van der Waals surface area contributed by atoms with Crippen molar-refractivity contribution in [2.45, 2.75) is 38.5 Å². The molecule has 0 aromatic heterocycles. The van der Waals surface area contributed by atoms with Gasteiger partial charge in [0.1, 0.15) is 11.6 Å². The highest BCUT2D eigenvalue weighted by molar-refractivity contribution is 5.96. The van der Waals surface area contributed by atoms with Gasteiger partial charge in [-0.2, -0.15) is 0 Å². The van der Waals surface area contributed by atoms with Crippen LogP contribution in [0, 0.1) is 11.2 Å². The Morgan fingerprint density at radius 2 is 2.00 bits per heavy atom. The predicted octanol–water partition coefficient (Wildman–Crippen LogP) is 3.07. The topological polar surface area (TPSA) is 64.3 Å². The standard InChI is InChI=1S/C16H23FN2O2/c1-21-14-10-12(17)6-7-13(14)19-15(20)16(11-18)8-4-2-3-5-9-16/h6-7,10H,2-5,8-9,11,18H2,1H3,(H,19,20). The van der Waals surface area contributed by atoms with Crippen LogP contribution < -0.4 is 15.8 Å². The molecule has 0 saturated heterocycles.